The molecule has 26 heavy (non-hydrogen) atoms. The zero-order valence-corrected chi connectivity index (χ0v) is 18.0. The molecule has 1 aliphatic heterocycles. The molecule has 1 amide bonds. The fourth-order valence-electron chi connectivity index (χ4n) is 3.52. The molecule has 1 saturated heterocycles. The van der Waals surface area contributed by atoms with Crippen molar-refractivity contribution in [3.8, 4) is 0 Å². The van der Waals surface area contributed by atoms with Crippen molar-refractivity contribution in [1.29, 1.82) is 0 Å². The van der Waals surface area contributed by atoms with E-state index in [0.29, 0.717) is 5.92 Å². The molecular weight excluding hydrogens is 369 g/mol. The second-order valence-electron chi connectivity index (χ2n) is 6.80. The number of likely N-dealkylation sites (tertiary alicyclic amines) is 1. The molecule has 0 bridgehead atoms. The Morgan fingerprint density at radius 2 is 1.92 bits per heavy atom. The highest BCUT2D eigenvalue weighted by atomic mass is 35.5. The van der Waals surface area contributed by atoms with Crippen LogP contribution < -0.4 is 10.2 Å². The minimum atomic E-state index is 0. The van der Waals surface area contributed by atoms with Gasteiger partial charge < -0.3 is 15.1 Å². The Labute approximate surface area is 171 Å². The van der Waals surface area contributed by atoms with Gasteiger partial charge in [-0.05, 0) is 70.0 Å². The molecule has 150 valence electrons. The number of rotatable bonds is 8. The van der Waals surface area contributed by atoms with Crippen molar-refractivity contribution in [2.24, 2.45) is 5.92 Å². The van der Waals surface area contributed by atoms with Crippen LogP contribution in [0.4, 0.5) is 5.69 Å². The van der Waals surface area contributed by atoms with Crippen LogP contribution in [-0.4, -0.2) is 50.6 Å². The van der Waals surface area contributed by atoms with Gasteiger partial charge in [0.15, 0.2) is 0 Å². The van der Waals surface area contributed by atoms with E-state index in [4.69, 9.17) is 0 Å². The van der Waals surface area contributed by atoms with Crippen LogP contribution in [0.1, 0.15) is 49.9 Å². The van der Waals surface area contributed by atoms with Crippen LogP contribution in [0.25, 0.3) is 0 Å². The highest BCUT2D eigenvalue weighted by Gasteiger charge is 2.24. The zero-order valence-electron chi connectivity index (χ0n) is 16.4. The maximum Gasteiger partial charge on any atom is 0.253 e. The van der Waals surface area contributed by atoms with Crippen molar-refractivity contribution in [1.82, 2.24) is 10.2 Å². The SMILES string of the molecule is CCCCN(CC)c1ccc(C(=O)N2CCCC(CNC)C2)cc1.Cl.Cl. The van der Waals surface area contributed by atoms with Crippen molar-refractivity contribution >= 4 is 36.4 Å². The van der Waals surface area contributed by atoms with Gasteiger partial charge in [0.1, 0.15) is 0 Å². The summed E-state index contributed by atoms with van der Waals surface area (Å²) in [7, 11) is 1.98. The fourth-order valence-corrected chi connectivity index (χ4v) is 3.52. The molecule has 1 heterocycles. The molecule has 1 aromatic carbocycles. The first-order valence-corrected chi connectivity index (χ1v) is 9.48. The molecular formula is C20H35Cl2N3O. The molecule has 2 rings (SSSR count). The molecule has 0 radical (unpaired) electrons. The molecule has 1 N–H and O–H groups in total. The highest BCUT2D eigenvalue weighted by Crippen LogP contribution is 2.20. The summed E-state index contributed by atoms with van der Waals surface area (Å²) in [5.74, 6) is 0.760. The predicted molar refractivity (Wildman–Crippen MR) is 116 cm³/mol. The van der Waals surface area contributed by atoms with Crippen molar-refractivity contribution in [3.05, 3.63) is 29.8 Å². The first-order valence-electron chi connectivity index (χ1n) is 9.48. The third-order valence-corrected chi connectivity index (χ3v) is 4.94. The minimum absolute atomic E-state index is 0. The number of carbonyl (C=O) groups is 1. The first-order chi connectivity index (χ1) is 11.7. The molecule has 0 aromatic heterocycles. The molecule has 1 fully saturated rings. The summed E-state index contributed by atoms with van der Waals surface area (Å²) in [6.07, 6.45) is 4.73. The van der Waals surface area contributed by atoms with E-state index < -0.39 is 0 Å². The molecule has 4 nitrogen and oxygen atoms in total. The number of hydrogen-bond acceptors (Lipinski definition) is 3. The van der Waals surface area contributed by atoms with E-state index in [0.717, 1.165) is 44.7 Å². The monoisotopic (exact) mass is 403 g/mol. The lowest BCUT2D eigenvalue weighted by Crippen LogP contribution is -2.42. The first kappa shape index (κ1) is 25.0. The van der Waals surface area contributed by atoms with Crippen LogP contribution in [0.15, 0.2) is 24.3 Å². The number of carbonyl (C=O) groups excluding carboxylic acids is 1. The van der Waals surface area contributed by atoms with Gasteiger partial charge in [-0.2, -0.15) is 0 Å². The number of nitrogens with one attached hydrogen (secondary N) is 1. The van der Waals surface area contributed by atoms with E-state index in [-0.39, 0.29) is 30.7 Å². The Kier molecular flexibility index (Phi) is 12.7. The fraction of sp³-hybridized carbons (Fsp3) is 0.650. The van der Waals surface area contributed by atoms with Crippen LogP contribution in [0.2, 0.25) is 0 Å². The summed E-state index contributed by atoms with van der Waals surface area (Å²) < 4.78 is 0. The molecule has 1 aliphatic rings. The Hall–Kier alpha value is -0.970. The van der Waals surface area contributed by atoms with Crippen LogP contribution in [0, 0.1) is 5.92 Å². The molecule has 1 aromatic rings. The second kappa shape index (κ2) is 13.2. The second-order valence-corrected chi connectivity index (χ2v) is 6.80. The number of unbranched alkanes of at least 4 members (excludes halogenated alkanes) is 1. The summed E-state index contributed by atoms with van der Waals surface area (Å²) in [6, 6.07) is 8.19. The van der Waals surface area contributed by atoms with Crippen molar-refractivity contribution < 1.29 is 4.79 Å². The van der Waals surface area contributed by atoms with Crippen molar-refractivity contribution in [2.75, 3.05) is 44.7 Å². The van der Waals surface area contributed by atoms with E-state index in [9.17, 15) is 4.79 Å². The number of nitrogens with zero attached hydrogens (tertiary/aromatic N) is 2. The maximum absolute atomic E-state index is 12.8. The summed E-state index contributed by atoms with van der Waals surface area (Å²) in [6.45, 7) is 9.24. The van der Waals surface area contributed by atoms with Gasteiger partial charge in [0.25, 0.3) is 5.91 Å². The smallest absolute Gasteiger partial charge is 0.253 e. The molecule has 0 aliphatic carbocycles. The average Bonchev–Trinajstić information content (AvgIpc) is 2.63. The van der Waals surface area contributed by atoms with E-state index in [2.05, 4.69) is 36.2 Å². The highest BCUT2D eigenvalue weighted by molar-refractivity contribution is 5.94. The van der Waals surface area contributed by atoms with Crippen LogP contribution in [-0.2, 0) is 0 Å². The molecule has 1 unspecified atom stereocenters. The standard InChI is InChI=1S/C20H33N3O.2ClH/c1-4-6-13-22(5-2)19-11-9-18(10-12-19)20(24)23-14-7-8-17(16-23)15-21-3;;/h9-12,17,21H,4-8,13-16H2,1-3H3;2*1H. The number of anilines is 1. The van der Waals surface area contributed by atoms with Crippen LogP contribution in [0.5, 0.6) is 0 Å². The number of benzene rings is 1. The topological polar surface area (TPSA) is 35.6 Å². The summed E-state index contributed by atoms with van der Waals surface area (Å²) >= 11 is 0. The lowest BCUT2D eigenvalue weighted by atomic mass is 9.97. The lowest BCUT2D eigenvalue weighted by molar-refractivity contribution is 0.0674. The number of piperidine rings is 1. The Morgan fingerprint density at radius 3 is 2.50 bits per heavy atom. The normalized spacial score (nSPS) is 16.4. The minimum Gasteiger partial charge on any atom is -0.372 e. The maximum atomic E-state index is 12.8. The van der Waals surface area contributed by atoms with E-state index in [1.54, 1.807) is 0 Å². The van der Waals surface area contributed by atoms with Gasteiger partial charge in [-0.25, -0.2) is 0 Å². The average molecular weight is 404 g/mol. The third kappa shape index (κ3) is 6.98. The quantitative estimate of drug-likeness (QED) is 0.705. The lowest BCUT2D eigenvalue weighted by Gasteiger charge is -2.33. The van der Waals surface area contributed by atoms with E-state index in [1.165, 1.54) is 24.9 Å². The molecule has 1 atom stereocenters. The Bertz CT molecular complexity index is 508. The summed E-state index contributed by atoms with van der Waals surface area (Å²) in [4.78, 5) is 17.2. The number of halogens is 2. The van der Waals surface area contributed by atoms with Crippen LogP contribution in [0.3, 0.4) is 0 Å². The zero-order chi connectivity index (χ0) is 17.4. The van der Waals surface area contributed by atoms with E-state index >= 15 is 0 Å². The van der Waals surface area contributed by atoms with Gasteiger partial charge in [-0.1, -0.05) is 13.3 Å². The van der Waals surface area contributed by atoms with Gasteiger partial charge in [0.2, 0.25) is 0 Å². The van der Waals surface area contributed by atoms with Crippen molar-refractivity contribution in [3.63, 3.8) is 0 Å². The van der Waals surface area contributed by atoms with Crippen LogP contribution >= 0.6 is 24.8 Å². The number of hydrogen-bond donors (Lipinski definition) is 1. The Balaban J connectivity index is 0.00000312. The van der Waals surface area contributed by atoms with Gasteiger partial charge in [0.05, 0.1) is 0 Å². The van der Waals surface area contributed by atoms with Gasteiger partial charge in [-0.3, -0.25) is 4.79 Å². The number of amides is 1. The van der Waals surface area contributed by atoms with Gasteiger partial charge in [0, 0.05) is 37.4 Å². The molecule has 0 spiro atoms. The van der Waals surface area contributed by atoms with E-state index in [1.807, 2.05) is 24.1 Å². The van der Waals surface area contributed by atoms with Gasteiger partial charge >= 0.3 is 0 Å². The Morgan fingerprint density at radius 1 is 1.23 bits per heavy atom. The summed E-state index contributed by atoms with van der Waals surface area (Å²) in [5.41, 5.74) is 2.03. The van der Waals surface area contributed by atoms with Crippen molar-refractivity contribution in [2.45, 2.75) is 39.5 Å². The molecule has 0 saturated carbocycles. The van der Waals surface area contributed by atoms with Gasteiger partial charge in [-0.15, -0.1) is 24.8 Å². The summed E-state index contributed by atoms with van der Waals surface area (Å²) in [5, 5.41) is 3.24. The largest absolute Gasteiger partial charge is 0.372 e. The molecule has 6 heteroatoms. The predicted octanol–water partition coefficient (Wildman–Crippen LogP) is 4.23. The third-order valence-electron chi connectivity index (χ3n) is 4.94.